The van der Waals surface area contributed by atoms with Crippen LogP contribution in [0, 0.1) is 19.8 Å². The van der Waals surface area contributed by atoms with Crippen LogP contribution in [0.5, 0.6) is 11.6 Å². The summed E-state index contributed by atoms with van der Waals surface area (Å²) in [4.78, 5) is 24.0. The molecule has 0 spiro atoms. The van der Waals surface area contributed by atoms with E-state index >= 15 is 0 Å². The second-order valence-corrected chi connectivity index (χ2v) is 7.42. The molecule has 1 amide bonds. The first kappa shape index (κ1) is 17.8. The first-order chi connectivity index (χ1) is 13.0. The number of hydrogen-bond donors (Lipinski definition) is 0. The molecule has 2 aliphatic rings. The molecule has 2 aromatic heterocycles. The fourth-order valence-electron chi connectivity index (χ4n) is 4.11. The number of ether oxygens (including phenoxy) is 2. The minimum atomic E-state index is -0.0696. The van der Waals surface area contributed by atoms with Crippen molar-refractivity contribution in [2.75, 3.05) is 13.2 Å². The number of rotatable bonds is 5. The van der Waals surface area contributed by atoms with Crippen LogP contribution in [0.1, 0.15) is 41.5 Å². The third-order valence-corrected chi connectivity index (χ3v) is 5.34. The van der Waals surface area contributed by atoms with Gasteiger partial charge in [0.25, 0.3) is 5.91 Å². The number of aryl methyl sites for hydroxylation is 2. The molecule has 2 bridgehead atoms. The van der Waals surface area contributed by atoms with E-state index in [2.05, 4.69) is 9.97 Å². The molecule has 3 heterocycles. The normalized spacial score (nSPS) is 23.5. The number of nitrogens with zero attached hydrogens (tertiary/aromatic N) is 3. The molecule has 2 fully saturated rings. The lowest BCUT2D eigenvalue weighted by molar-refractivity contribution is 0.0457. The summed E-state index contributed by atoms with van der Waals surface area (Å²) in [6.45, 7) is 7.05. The fraction of sp³-hybridized carbons (Fsp3) is 0.476. The van der Waals surface area contributed by atoms with Gasteiger partial charge in [-0.25, -0.2) is 9.97 Å². The van der Waals surface area contributed by atoms with Gasteiger partial charge >= 0.3 is 0 Å². The molecule has 0 radical (unpaired) electrons. The van der Waals surface area contributed by atoms with Gasteiger partial charge in [0.1, 0.15) is 6.10 Å². The van der Waals surface area contributed by atoms with Gasteiger partial charge in [0, 0.05) is 24.5 Å². The highest BCUT2D eigenvalue weighted by Gasteiger charge is 2.49. The van der Waals surface area contributed by atoms with Gasteiger partial charge in [-0.15, -0.1) is 0 Å². The van der Waals surface area contributed by atoms with Crippen LogP contribution in [-0.4, -0.2) is 46.1 Å². The van der Waals surface area contributed by atoms with Gasteiger partial charge in [0.15, 0.2) is 11.4 Å². The van der Waals surface area contributed by atoms with E-state index in [1.807, 2.05) is 49.9 Å². The van der Waals surface area contributed by atoms with Crippen LogP contribution in [0.4, 0.5) is 0 Å². The number of carbonyl (C=O) groups excluding carboxylic acids is 1. The average molecular weight is 367 g/mol. The highest BCUT2D eigenvalue weighted by atomic mass is 16.5. The van der Waals surface area contributed by atoms with Gasteiger partial charge in [0.2, 0.25) is 5.88 Å². The number of piperidine rings is 1. The molecule has 3 unspecified atom stereocenters. The molecular formula is C21H25N3O3. The molecule has 1 aliphatic heterocycles. The molecule has 1 aliphatic carbocycles. The molecule has 0 N–H and O–H groups in total. The Kier molecular flexibility index (Phi) is 4.72. The van der Waals surface area contributed by atoms with E-state index in [9.17, 15) is 4.79 Å². The van der Waals surface area contributed by atoms with Crippen molar-refractivity contribution in [1.82, 2.24) is 14.9 Å². The molecule has 27 heavy (non-hydrogen) atoms. The smallest absolute Gasteiger partial charge is 0.276 e. The van der Waals surface area contributed by atoms with Crippen molar-refractivity contribution in [2.24, 2.45) is 5.92 Å². The monoisotopic (exact) mass is 367 g/mol. The quantitative estimate of drug-likeness (QED) is 0.812. The average Bonchev–Trinajstić information content (AvgIpc) is 3.25. The lowest BCUT2D eigenvalue weighted by Gasteiger charge is -2.33. The maximum atomic E-state index is 13.2. The van der Waals surface area contributed by atoms with Gasteiger partial charge in [0.05, 0.1) is 12.6 Å². The minimum absolute atomic E-state index is 0.0248. The number of fused-ring (bicyclic) bond motifs is 2. The van der Waals surface area contributed by atoms with Crippen molar-refractivity contribution in [3.8, 4) is 11.6 Å². The Morgan fingerprint density at radius 2 is 2.07 bits per heavy atom. The standard InChI is InChI=1S/C21H25N3O3/c1-4-26-17-7-6-14(3)23-20(17)21(25)24-12-15-9-16(24)18(10-15)27-19-8-5-13(2)11-22-19/h5-8,11,15-16,18H,4,9-10,12H2,1-3H3. The largest absolute Gasteiger partial charge is 0.491 e. The third kappa shape index (κ3) is 3.48. The number of pyridine rings is 2. The summed E-state index contributed by atoms with van der Waals surface area (Å²) >= 11 is 0. The number of hydrogen-bond acceptors (Lipinski definition) is 5. The first-order valence-corrected chi connectivity index (χ1v) is 9.56. The molecule has 142 valence electrons. The topological polar surface area (TPSA) is 64.5 Å². The van der Waals surface area contributed by atoms with Crippen molar-refractivity contribution in [3.05, 3.63) is 47.4 Å². The van der Waals surface area contributed by atoms with Crippen LogP contribution in [-0.2, 0) is 0 Å². The van der Waals surface area contributed by atoms with E-state index in [4.69, 9.17) is 9.47 Å². The highest BCUT2D eigenvalue weighted by Crippen LogP contribution is 2.40. The van der Waals surface area contributed by atoms with Crippen molar-refractivity contribution in [1.29, 1.82) is 0 Å². The maximum Gasteiger partial charge on any atom is 0.276 e. The van der Waals surface area contributed by atoms with Crippen LogP contribution in [0.25, 0.3) is 0 Å². The Hall–Kier alpha value is -2.63. The molecule has 0 aromatic carbocycles. The Balaban J connectivity index is 1.54. The zero-order valence-corrected chi connectivity index (χ0v) is 16.0. The summed E-state index contributed by atoms with van der Waals surface area (Å²) in [5.74, 6) is 1.57. The van der Waals surface area contributed by atoms with E-state index in [-0.39, 0.29) is 18.1 Å². The molecule has 1 saturated carbocycles. The second kappa shape index (κ2) is 7.18. The summed E-state index contributed by atoms with van der Waals surface area (Å²) in [7, 11) is 0. The number of amides is 1. The summed E-state index contributed by atoms with van der Waals surface area (Å²) in [5.41, 5.74) is 2.31. The summed E-state index contributed by atoms with van der Waals surface area (Å²) in [6.07, 6.45) is 3.71. The predicted octanol–water partition coefficient (Wildman–Crippen LogP) is 3.17. The summed E-state index contributed by atoms with van der Waals surface area (Å²) in [5, 5.41) is 0. The number of likely N-dealkylation sites (tertiary alicyclic amines) is 1. The third-order valence-electron chi connectivity index (χ3n) is 5.34. The van der Waals surface area contributed by atoms with Gasteiger partial charge in [-0.05, 0) is 57.2 Å². The summed E-state index contributed by atoms with van der Waals surface area (Å²) in [6, 6.07) is 7.64. The lowest BCUT2D eigenvalue weighted by atomic mass is 10.1. The Morgan fingerprint density at radius 1 is 1.22 bits per heavy atom. The first-order valence-electron chi connectivity index (χ1n) is 9.56. The highest BCUT2D eigenvalue weighted by molar-refractivity contribution is 5.95. The van der Waals surface area contributed by atoms with Gasteiger partial charge in [-0.1, -0.05) is 6.07 Å². The van der Waals surface area contributed by atoms with E-state index in [1.165, 1.54) is 0 Å². The SMILES string of the molecule is CCOc1ccc(C)nc1C(=O)N1CC2CC(Oc3ccc(C)cn3)C1C2. The van der Waals surface area contributed by atoms with E-state index in [1.54, 1.807) is 6.20 Å². The van der Waals surface area contributed by atoms with E-state index in [0.717, 1.165) is 30.6 Å². The van der Waals surface area contributed by atoms with Crippen molar-refractivity contribution >= 4 is 5.91 Å². The van der Waals surface area contributed by atoms with E-state index < -0.39 is 0 Å². The fourth-order valence-corrected chi connectivity index (χ4v) is 4.11. The van der Waals surface area contributed by atoms with Crippen LogP contribution in [0.2, 0.25) is 0 Å². The van der Waals surface area contributed by atoms with E-state index in [0.29, 0.717) is 29.8 Å². The molecule has 1 saturated heterocycles. The number of aromatic nitrogens is 2. The lowest BCUT2D eigenvalue weighted by Crippen LogP contribution is -2.47. The maximum absolute atomic E-state index is 13.2. The predicted molar refractivity (Wildman–Crippen MR) is 101 cm³/mol. The Labute approximate surface area is 159 Å². The molecular weight excluding hydrogens is 342 g/mol. The van der Waals surface area contributed by atoms with Gasteiger partial charge < -0.3 is 14.4 Å². The van der Waals surface area contributed by atoms with Crippen molar-refractivity contribution < 1.29 is 14.3 Å². The van der Waals surface area contributed by atoms with Crippen LogP contribution >= 0.6 is 0 Å². The molecule has 3 atom stereocenters. The van der Waals surface area contributed by atoms with Crippen LogP contribution < -0.4 is 9.47 Å². The Morgan fingerprint density at radius 3 is 2.78 bits per heavy atom. The van der Waals surface area contributed by atoms with Gasteiger partial charge in [-0.3, -0.25) is 4.79 Å². The zero-order valence-electron chi connectivity index (χ0n) is 16.0. The molecule has 6 heteroatoms. The molecule has 6 nitrogen and oxygen atoms in total. The van der Waals surface area contributed by atoms with Crippen LogP contribution in [0.15, 0.2) is 30.5 Å². The van der Waals surface area contributed by atoms with Crippen LogP contribution in [0.3, 0.4) is 0 Å². The van der Waals surface area contributed by atoms with Crippen molar-refractivity contribution in [3.63, 3.8) is 0 Å². The van der Waals surface area contributed by atoms with Crippen molar-refractivity contribution in [2.45, 2.75) is 45.8 Å². The molecule has 2 aromatic rings. The summed E-state index contributed by atoms with van der Waals surface area (Å²) < 4.78 is 11.8. The Bertz CT molecular complexity index is 837. The molecule has 4 rings (SSSR count). The minimum Gasteiger partial charge on any atom is -0.491 e. The van der Waals surface area contributed by atoms with Gasteiger partial charge in [-0.2, -0.15) is 0 Å². The number of carbonyl (C=O) groups is 1. The zero-order chi connectivity index (χ0) is 19.0. The second-order valence-electron chi connectivity index (χ2n) is 7.42.